The molecule has 0 spiro atoms. The molecule has 4 heteroatoms. The van der Waals surface area contributed by atoms with Crippen LogP contribution in [0.3, 0.4) is 0 Å². The van der Waals surface area contributed by atoms with Crippen molar-refractivity contribution in [1.82, 2.24) is 0 Å². The Morgan fingerprint density at radius 3 is 2.86 bits per heavy atom. The second-order valence-electron chi connectivity index (χ2n) is 3.11. The van der Waals surface area contributed by atoms with E-state index in [1.165, 1.54) is 22.6 Å². The van der Waals surface area contributed by atoms with Gasteiger partial charge in [-0.05, 0) is 25.3 Å². The third-order valence-corrected chi connectivity index (χ3v) is 2.93. The topological polar surface area (TPSA) is 46.5 Å². The predicted octanol–water partition coefficient (Wildman–Crippen LogP) is -2.20. The summed E-state index contributed by atoms with van der Waals surface area (Å²) in [5.41, 5.74) is 1.91. The lowest BCUT2D eigenvalue weighted by Crippen LogP contribution is -3.38. The third-order valence-electron chi connectivity index (χ3n) is 2.23. The summed E-state index contributed by atoms with van der Waals surface area (Å²) >= 11 is 1.48. The molecule has 0 saturated heterocycles. The molecule has 0 bridgehead atoms. The summed E-state index contributed by atoms with van der Waals surface area (Å²) < 4.78 is 5.22. The quantitative estimate of drug-likeness (QED) is 0.474. The number of allylic oxidation sites excluding steroid dienone is 2. The van der Waals surface area contributed by atoms with Gasteiger partial charge in [-0.2, -0.15) is 0 Å². The SMILES string of the molecule is COC1=C(C(=O)[IH+])CCC(CCO)=C1. The molecule has 0 atom stereocenters. The van der Waals surface area contributed by atoms with Crippen LogP contribution < -0.4 is 22.6 Å². The number of aliphatic hydroxyl groups excluding tert-OH is 1. The van der Waals surface area contributed by atoms with Crippen LogP contribution >= 0.6 is 0 Å². The lowest BCUT2D eigenvalue weighted by molar-refractivity contribution is -0.299. The molecular formula is C10H14IO3+. The Hall–Kier alpha value is -0.360. The second-order valence-corrected chi connectivity index (χ2v) is 4.17. The minimum Gasteiger partial charge on any atom is -0.496 e. The van der Waals surface area contributed by atoms with Crippen LogP contribution in [-0.4, -0.2) is 22.6 Å². The average molecular weight is 309 g/mol. The van der Waals surface area contributed by atoms with Gasteiger partial charge < -0.3 is 9.84 Å². The molecule has 1 N–H and O–H groups in total. The monoisotopic (exact) mass is 309 g/mol. The van der Waals surface area contributed by atoms with Crippen molar-refractivity contribution in [2.75, 3.05) is 13.7 Å². The molecule has 0 saturated carbocycles. The van der Waals surface area contributed by atoms with E-state index in [1.807, 2.05) is 6.08 Å². The molecule has 0 aliphatic heterocycles. The molecule has 3 nitrogen and oxygen atoms in total. The first-order valence-electron chi connectivity index (χ1n) is 4.47. The maximum Gasteiger partial charge on any atom is 0.390 e. The fourth-order valence-corrected chi connectivity index (χ4v) is 2.06. The number of rotatable bonds is 4. The minimum atomic E-state index is 0.0805. The first kappa shape index (κ1) is 11.7. The van der Waals surface area contributed by atoms with Crippen LogP contribution in [0.25, 0.3) is 0 Å². The zero-order valence-electron chi connectivity index (χ0n) is 8.08. The van der Waals surface area contributed by atoms with Crippen molar-refractivity contribution in [2.24, 2.45) is 0 Å². The molecule has 0 heterocycles. The molecule has 0 aromatic rings. The van der Waals surface area contributed by atoms with E-state index < -0.39 is 0 Å². The van der Waals surface area contributed by atoms with Gasteiger partial charge in [-0.3, -0.25) is 0 Å². The van der Waals surface area contributed by atoms with Gasteiger partial charge in [-0.1, -0.05) is 5.57 Å². The Balaban J connectivity index is 2.88. The number of halogens is 1. The van der Waals surface area contributed by atoms with Crippen molar-refractivity contribution < 1.29 is 37.2 Å². The van der Waals surface area contributed by atoms with Crippen molar-refractivity contribution in [3.05, 3.63) is 23.0 Å². The molecule has 14 heavy (non-hydrogen) atoms. The van der Waals surface area contributed by atoms with Gasteiger partial charge in [0.15, 0.2) is 0 Å². The van der Waals surface area contributed by atoms with Gasteiger partial charge in [-0.25, -0.2) is 4.79 Å². The van der Waals surface area contributed by atoms with Crippen molar-refractivity contribution in [1.29, 1.82) is 0 Å². The molecule has 1 rings (SSSR count). The Kier molecular flexibility index (Phi) is 4.60. The van der Waals surface area contributed by atoms with Crippen molar-refractivity contribution >= 4 is 3.79 Å². The zero-order valence-corrected chi connectivity index (χ0v) is 10.4. The molecule has 78 valence electrons. The van der Waals surface area contributed by atoms with Crippen molar-refractivity contribution in [3.63, 3.8) is 0 Å². The summed E-state index contributed by atoms with van der Waals surface area (Å²) in [6, 6.07) is 0. The summed E-state index contributed by atoms with van der Waals surface area (Å²) in [5, 5.41) is 8.79. The van der Waals surface area contributed by atoms with E-state index in [9.17, 15) is 4.79 Å². The van der Waals surface area contributed by atoms with Crippen LogP contribution in [0.1, 0.15) is 19.3 Å². The molecular weight excluding hydrogens is 295 g/mol. The van der Waals surface area contributed by atoms with Gasteiger partial charge in [0, 0.05) is 6.61 Å². The molecule has 0 aromatic heterocycles. The Morgan fingerprint density at radius 1 is 1.64 bits per heavy atom. The molecule has 0 fully saturated rings. The lowest BCUT2D eigenvalue weighted by atomic mass is 9.96. The Bertz CT molecular complexity index is 292. The van der Waals surface area contributed by atoms with Crippen LogP contribution in [0.15, 0.2) is 23.0 Å². The summed E-state index contributed by atoms with van der Waals surface area (Å²) in [5.74, 6) is 0.662. The third kappa shape index (κ3) is 2.81. The summed E-state index contributed by atoms with van der Waals surface area (Å²) in [4.78, 5) is 11.2. The van der Waals surface area contributed by atoms with Crippen molar-refractivity contribution in [2.45, 2.75) is 19.3 Å². The molecule has 0 amide bonds. The normalized spacial score (nSPS) is 16.6. The molecule has 0 unspecified atom stereocenters. The largest absolute Gasteiger partial charge is 0.496 e. The van der Waals surface area contributed by atoms with Crippen LogP contribution in [0.2, 0.25) is 0 Å². The summed E-state index contributed by atoms with van der Waals surface area (Å²) in [7, 11) is 1.57. The fourth-order valence-electron chi connectivity index (χ4n) is 1.48. The number of aliphatic hydroxyl groups is 1. The molecule has 1 aliphatic carbocycles. The number of hydrogen-bond donors (Lipinski definition) is 1. The van der Waals surface area contributed by atoms with Crippen LogP contribution in [-0.2, 0) is 9.53 Å². The molecule has 1 aliphatic rings. The van der Waals surface area contributed by atoms with E-state index in [4.69, 9.17) is 9.84 Å². The zero-order chi connectivity index (χ0) is 10.6. The number of methoxy groups -OCH3 is 1. The average Bonchev–Trinajstić information content (AvgIpc) is 2.17. The lowest BCUT2D eigenvalue weighted by Gasteiger charge is -2.15. The van der Waals surface area contributed by atoms with E-state index in [-0.39, 0.29) is 10.4 Å². The first-order valence-corrected chi connectivity index (χ1v) is 5.64. The van der Waals surface area contributed by atoms with Gasteiger partial charge >= 0.3 is 26.4 Å². The van der Waals surface area contributed by atoms with E-state index >= 15 is 0 Å². The van der Waals surface area contributed by atoms with Gasteiger partial charge in [0.25, 0.3) is 0 Å². The number of carbonyl (C=O) groups is 1. The summed E-state index contributed by atoms with van der Waals surface area (Å²) in [6.07, 6.45) is 4.12. The fraction of sp³-hybridized carbons (Fsp3) is 0.500. The van der Waals surface area contributed by atoms with E-state index in [2.05, 4.69) is 0 Å². The highest BCUT2D eigenvalue weighted by molar-refractivity contribution is 5.86. The highest BCUT2D eigenvalue weighted by Gasteiger charge is 2.23. The Morgan fingerprint density at radius 2 is 2.36 bits per heavy atom. The highest BCUT2D eigenvalue weighted by atomic mass is 127. The van der Waals surface area contributed by atoms with Gasteiger partial charge in [-0.15, -0.1) is 0 Å². The van der Waals surface area contributed by atoms with Crippen LogP contribution in [0.5, 0.6) is 0 Å². The molecule has 0 radical (unpaired) electrons. The van der Waals surface area contributed by atoms with Crippen molar-refractivity contribution in [3.8, 4) is 0 Å². The van der Waals surface area contributed by atoms with Gasteiger partial charge in [0.2, 0.25) is 0 Å². The van der Waals surface area contributed by atoms with Crippen LogP contribution in [0.4, 0.5) is 0 Å². The van der Waals surface area contributed by atoms with Gasteiger partial charge in [0.1, 0.15) is 5.76 Å². The molecule has 0 aromatic carbocycles. The second kappa shape index (κ2) is 5.50. The minimum absolute atomic E-state index is 0.0805. The van der Waals surface area contributed by atoms with E-state index in [0.29, 0.717) is 12.2 Å². The number of carbonyl (C=O) groups excluding carboxylic acids is 1. The Labute approximate surface area is 97.0 Å². The van der Waals surface area contributed by atoms with Gasteiger partial charge in [0.05, 0.1) is 12.7 Å². The smallest absolute Gasteiger partial charge is 0.390 e. The van der Waals surface area contributed by atoms with E-state index in [1.54, 1.807) is 7.11 Å². The first-order chi connectivity index (χ1) is 6.69. The maximum absolute atomic E-state index is 11.2. The van der Waals surface area contributed by atoms with E-state index in [0.717, 1.165) is 24.0 Å². The summed E-state index contributed by atoms with van der Waals surface area (Å²) in [6.45, 7) is 0.152. The highest BCUT2D eigenvalue weighted by Crippen LogP contribution is 2.25. The number of ether oxygens (including phenoxy) is 1. The maximum atomic E-state index is 11.2. The standard InChI is InChI=1S/C10H14IO3/c1-14-9-6-7(4-5-12)2-3-8(9)10(11)13/h6,11-12H,2-5H2,1H3/q+1. The number of hydrogen-bond acceptors (Lipinski definition) is 3. The predicted molar refractivity (Wildman–Crippen MR) is 49.5 cm³/mol. The van der Waals surface area contributed by atoms with Crippen LogP contribution in [0, 0.1) is 0 Å².